The molecule has 2 amide bonds. The molecule has 0 bridgehead atoms. The number of carbonyl (C=O) groups excluding carboxylic acids is 2. The van der Waals surface area contributed by atoms with Crippen molar-refractivity contribution in [1.29, 1.82) is 0 Å². The fraction of sp³-hybridized carbons (Fsp3) is 0. The third kappa shape index (κ3) is 2.83. The Labute approximate surface area is 68.9 Å². The molecule has 0 saturated carbocycles. The first kappa shape index (κ1) is 8.26. The summed E-state index contributed by atoms with van der Waals surface area (Å²) >= 11 is 0. The van der Waals surface area contributed by atoms with Gasteiger partial charge in [-0.25, -0.2) is 0 Å². The molecule has 0 aromatic carbocycles. The third-order valence-corrected chi connectivity index (χ3v) is 1.01. The fourth-order valence-corrected chi connectivity index (χ4v) is 0.553. The van der Waals surface area contributed by atoms with E-state index in [1.807, 2.05) is 5.32 Å². The van der Waals surface area contributed by atoms with Crippen molar-refractivity contribution in [2.24, 2.45) is 0 Å². The number of rotatable bonds is 0. The summed E-state index contributed by atoms with van der Waals surface area (Å²) in [6.07, 6.45) is 6.45. The highest BCUT2D eigenvalue weighted by Crippen LogP contribution is 1.82. The Kier molecular flexibility index (Phi) is 2.84. The highest BCUT2D eigenvalue weighted by Gasteiger charge is 2.06. The summed E-state index contributed by atoms with van der Waals surface area (Å²) in [5.41, 5.74) is 0. The number of imide groups is 1. The van der Waals surface area contributed by atoms with E-state index in [-0.39, 0.29) is 11.8 Å². The van der Waals surface area contributed by atoms with Crippen LogP contribution in [-0.4, -0.2) is 11.8 Å². The SMILES string of the molecule is O=C1C=CC(=O)N1.[c]1ccco1. The lowest BCUT2D eigenvalue weighted by Gasteiger charge is -1.80. The van der Waals surface area contributed by atoms with Crippen LogP contribution in [0.15, 0.2) is 35.0 Å². The summed E-state index contributed by atoms with van der Waals surface area (Å²) in [6, 6.07) is 3.49. The highest BCUT2D eigenvalue weighted by molar-refractivity contribution is 6.12. The standard InChI is InChI=1S/C4H3NO2.C4H3O/c6-3-1-2-4(7)5-3;1-2-4-5-3-1/h1-2H,(H,5,6,7);1-3H. The molecule has 0 saturated heterocycles. The van der Waals surface area contributed by atoms with E-state index in [0.29, 0.717) is 0 Å². The minimum absolute atomic E-state index is 0.329. The summed E-state index contributed by atoms with van der Waals surface area (Å²) < 4.78 is 4.46. The van der Waals surface area contributed by atoms with Gasteiger partial charge < -0.3 is 4.42 Å². The molecule has 1 N–H and O–H groups in total. The number of hydrogen-bond acceptors (Lipinski definition) is 3. The van der Waals surface area contributed by atoms with E-state index in [0.717, 1.165) is 0 Å². The van der Waals surface area contributed by atoms with Gasteiger partial charge in [0.05, 0.1) is 6.26 Å². The Morgan fingerprint density at radius 2 is 1.92 bits per heavy atom. The lowest BCUT2D eigenvalue weighted by atomic mass is 10.6. The molecule has 0 spiro atoms. The molecule has 1 aromatic heterocycles. The molecule has 1 aromatic rings. The van der Waals surface area contributed by atoms with Gasteiger partial charge in [-0.05, 0) is 12.1 Å². The summed E-state index contributed by atoms with van der Waals surface area (Å²) in [7, 11) is 0. The number of carbonyl (C=O) groups is 2. The Hall–Kier alpha value is -1.84. The van der Waals surface area contributed by atoms with Gasteiger partial charge in [-0.1, -0.05) is 0 Å². The van der Waals surface area contributed by atoms with Crippen molar-refractivity contribution >= 4 is 11.8 Å². The topological polar surface area (TPSA) is 59.3 Å². The van der Waals surface area contributed by atoms with Gasteiger partial charge in [-0.3, -0.25) is 14.9 Å². The molecule has 0 fully saturated rings. The van der Waals surface area contributed by atoms with Crippen molar-refractivity contribution < 1.29 is 14.0 Å². The number of amides is 2. The van der Waals surface area contributed by atoms with E-state index in [2.05, 4.69) is 10.7 Å². The summed E-state index contributed by atoms with van der Waals surface area (Å²) in [4.78, 5) is 20.1. The minimum atomic E-state index is -0.329. The monoisotopic (exact) mass is 164 g/mol. The molecule has 2 heterocycles. The van der Waals surface area contributed by atoms with Crippen LogP contribution < -0.4 is 5.32 Å². The zero-order valence-electron chi connectivity index (χ0n) is 6.11. The average Bonchev–Trinajstić information content (AvgIpc) is 2.63. The summed E-state index contributed by atoms with van der Waals surface area (Å²) in [5.74, 6) is -0.657. The molecule has 61 valence electrons. The Balaban J connectivity index is 0.000000127. The summed E-state index contributed by atoms with van der Waals surface area (Å²) in [6.45, 7) is 0. The van der Waals surface area contributed by atoms with Crippen LogP contribution in [0.1, 0.15) is 0 Å². The van der Waals surface area contributed by atoms with Gasteiger partial charge in [0, 0.05) is 12.2 Å². The smallest absolute Gasteiger partial charge is 0.250 e. The second-order valence-electron chi connectivity index (χ2n) is 1.92. The van der Waals surface area contributed by atoms with Crippen molar-refractivity contribution in [1.82, 2.24) is 5.32 Å². The quantitative estimate of drug-likeness (QED) is 0.560. The number of hydrogen-bond donors (Lipinski definition) is 1. The Bertz CT molecular complexity index is 254. The van der Waals surface area contributed by atoms with Crippen LogP contribution in [0.3, 0.4) is 0 Å². The second-order valence-corrected chi connectivity index (χ2v) is 1.92. The minimum Gasteiger partial charge on any atom is -0.461 e. The third-order valence-electron chi connectivity index (χ3n) is 1.01. The van der Waals surface area contributed by atoms with Crippen LogP contribution in [0.2, 0.25) is 0 Å². The van der Waals surface area contributed by atoms with E-state index in [1.165, 1.54) is 12.2 Å². The lowest BCUT2D eigenvalue weighted by molar-refractivity contribution is -0.123. The van der Waals surface area contributed by atoms with Crippen LogP contribution >= 0.6 is 0 Å². The largest absolute Gasteiger partial charge is 0.461 e. The number of furan rings is 1. The first-order valence-corrected chi connectivity index (χ1v) is 3.21. The highest BCUT2D eigenvalue weighted by atomic mass is 16.3. The first-order chi connectivity index (χ1) is 5.79. The van der Waals surface area contributed by atoms with Gasteiger partial charge >= 0.3 is 0 Å². The fourth-order valence-electron chi connectivity index (χ4n) is 0.553. The van der Waals surface area contributed by atoms with Crippen molar-refractivity contribution in [3.05, 3.63) is 36.8 Å². The van der Waals surface area contributed by atoms with E-state index in [9.17, 15) is 9.59 Å². The Morgan fingerprint density at radius 1 is 1.25 bits per heavy atom. The summed E-state index contributed by atoms with van der Waals surface area (Å²) in [5, 5.41) is 2.03. The lowest BCUT2D eigenvalue weighted by Crippen LogP contribution is -2.19. The van der Waals surface area contributed by atoms with Gasteiger partial charge in [0.25, 0.3) is 11.8 Å². The van der Waals surface area contributed by atoms with Gasteiger partial charge in [0.1, 0.15) is 0 Å². The predicted octanol–water partition coefficient (Wildman–Crippen LogP) is 0.279. The molecule has 0 aliphatic carbocycles. The zero-order valence-corrected chi connectivity index (χ0v) is 6.11. The van der Waals surface area contributed by atoms with Crippen molar-refractivity contribution in [2.45, 2.75) is 0 Å². The Morgan fingerprint density at radius 3 is 2.08 bits per heavy atom. The maximum Gasteiger partial charge on any atom is 0.250 e. The maximum atomic E-state index is 10.0. The van der Waals surface area contributed by atoms with Gasteiger partial charge in [-0.2, -0.15) is 0 Å². The maximum absolute atomic E-state index is 10.0. The van der Waals surface area contributed by atoms with Crippen LogP contribution in [0.4, 0.5) is 0 Å². The van der Waals surface area contributed by atoms with Crippen LogP contribution in [-0.2, 0) is 9.59 Å². The molecule has 0 unspecified atom stereocenters. The molecule has 1 aliphatic heterocycles. The molecule has 1 aliphatic rings. The molecule has 4 heteroatoms. The second kappa shape index (κ2) is 4.12. The molecular formula is C8H6NO3. The van der Waals surface area contributed by atoms with E-state index in [1.54, 1.807) is 18.4 Å². The molecular weight excluding hydrogens is 158 g/mol. The zero-order chi connectivity index (χ0) is 8.81. The molecule has 1 radical (unpaired) electrons. The van der Waals surface area contributed by atoms with E-state index >= 15 is 0 Å². The normalized spacial score (nSPS) is 13.7. The number of nitrogens with one attached hydrogen (secondary N) is 1. The van der Waals surface area contributed by atoms with Crippen molar-refractivity contribution in [3.63, 3.8) is 0 Å². The van der Waals surface area contributed by atoms with Crippen molar-refractivity contribution in [2.75, 3.05) is 0 Å². The molecule has 2 rings (SSSR count). The van der Waals surface area contributed by atoms with Gasteiger partial charge in [-0.15, -0.1) is 0 Å². The van der Waals surface area contributed by atoms with Crippen molar-refractivity contribution in [3.8, 4) is 0 Å². The van der Waals surface area contributed by atoms with Gasteiger partial charge in [0.15, 0.2) is 6.26 Å². The predicted molar refractivity (Wildman–Crippen MR) is 39.8 cm³/mol. The first-order valence-electron chi connectivity index (χ1n) is 3.21. The van der Waals surface area contributed by atoms with Crippen LogP contribution in [0.25, 0.3) is 0 Å². The molecule has 0 atom stereocenters. The van der Waals surface area contributed by atoms with E-state index in [4.69, 9.17) is 0 Å². The van der Waals surface area contributed by atoms with Crippen LogP contribution in [0.5, 0.6) is 0 Å². The molecule has 12 heavy (non-hydrogen) atoms. The average molecular weight is 164 g/mol. The van der Waals surface area contributed by atoms with Crippen LogP contribution in [0, 0.1) is 6.26 Å². The van der Waals surface area contributed by atoms with Gasteiger partial charge in [0.2, 0.25) is 0 Å². The molecule has 4 nitrogen and oxygen atoms in total. The van der Waals surface area contributed by atoms with E-state index < -0.39 is 0 Å².